The highest BCUT2D eigenvalue weighted by Gasteiger charge is 2.12. The lowest BCUT2D eigenvalue weighted by molar-refractivity contribution is -0.120. The Hall–Kier alpha value is -1.88. The quantitative estimate of drug-likeness (QED) is 0.852. The molecule has 1 N–H and O–H groups in total. The molecule has 4 nitrogen and oxygen atoms in total. The van der Waals surface area contributed by atoms with Crippen LogP contribution in [0.3, 0.4) is 0 Å². The molecule has 0 fully saturated rings. The van der Waals surface area contributed by atoms with E-state index in [0.29, 0.717) is 25.5 Å². The summed E-state index contributed by atoms with van der Waals surface area (Å²) in [6, 6.07) is 9.66. The van der Waals surface area contributed by atoms with Gasteiger partial charge in [-0.15, -0.1) is 11.3 Å². The number of hydrogen-bond donors (Lipinski definition) is 1. The van der Waals surface area contributed by atoms with Gasteiger partial charge in [0, 0.05) is 11.4 Å². The average Bonchev–Trinajstić information content (AvgIpc) is 2.84. The van der Waals surface area contributed by atoms with Gasteiger partial charge >= 0.3 is 0 Å². The van der Waals surface area contributed by atoms with Crippen LogP contribution < -0.4 is 10.1 Å². The normalized spacial score (nSPS) is 10.7. The van der Waals surface area contributed by atoms with E-state index in [1.807, 2.05) is 37.3 Å². The number of thiazole rings is 1. The third-order valence-electron chi connectivity index (χ3n) is 3.07. The van der Waals surface area contributed by atoms with Crippen molar-refractivity contribution in [3.05, 3.63) is 45.9 Å². The zero-order valence-electron chi connectivity index (χ0n) is 13.3. The van der Waals surface area contributed by atoms with Gasteiger partial charge in [-0.1, -0.05) is 32.0 Å². The number of aryl methyl sites for hydroxylation is 1. The van der Waals surface area contributed by atoms with Crippen molar-refractivity contribution in [2.75, 3.05) is 6.54 Å². The Morgan fingerprint density at radius 2 is 2.05 bits per heavy atom. The van der Waals surface area contributed by atoms with E-state index in [2.05, 4.69) is 24.1 Å². The highest BCUT2D eigenvalue weighted by atomic mass is 32.1. The Bertz CT molecular complexity index is 608. The predicted octanol–water partition coefficient (Wildman–Crippen LogP) is 3.35. The van der Waals surface area contributed by atoms with Crippen molar-refractivity contribution < 1.29 is 9.53 Å². The zero-order chi connectivity index (χ0) is 15.9. The van der Waals surface area contributed by atoms with Crippen LogP contribution in [0.2, 0.25) is 0 Å². The van der Waals surface area contributed by atoms with Crippen LogP contribution in [0, 0.1) is 12.8 Å². The van der Waals surface area contributed by atoms with Crippen molar-refractivity contribution in [3.8, 4) is 5.75 Å². The molecule has 1 heterocycles. The number of ether oxygens (including phenoxy) is 1. The van der Waals surface area contributed by atoms with Crippen molar-refractivity contribution in [2.45, 2.75) is 33.8 Å². The molecule has 22 heavy (non-hydrogen) atoms. The number of nitrogens with zero attached hydrogens (tertiary/aromatic N) is 1. The Kier molecular flexibility index (Phi) is 5.95. The largest absolute Gasteiger partial charge is 0.486 e. The Labute approximate surface area is 135 Å². The summed E-state index contributed by atoms with van der Waals surface area (Å²) in [7, 11) is 0. The van der Waals surface area contributed by atoms with E-state index in [1.54, 1.807) is 11.3 Å². The number of carbonyl (C=O) groups is 1. The van der Waals surface area contributed by atoms with Crippen molar-refractivity contribution in [2.24, 2.45) is 5.92 Å². The van der Waals surface area contributed by atoms with Gasteiger partial charge in [-0.2, -0.15) is 0 Å². The number of para-hydroxylation sites is 1. The average molecular weight is 318 g/mol. The molecule has 1 amide bonds. The predicted molar refractivity (Wildman–Crippen MR) is 89.2 cm³/mol. The van der Waals surface area contributed by atoms with Gasteiger partial charge in [0.25, 0.3) is 0 Å². The SMILES string of the molecule is Cc1nc(COc2ccccc2)sc1CC(=O)NCC(C)C. The fraction of sp³-hybridized carbons (Fsp3) is 0.412. The second kappa shape index (κ2) is 7.94. The highest BCUT2D eigenvalue weighted by Crippen LogP contribution is 2.20. The van der Waals surface area contributed by atoms with Crippen LogP contribution in [0.25, 0.3) is 0 Å². The lowest BCUT2D eigenvalue weighted by Gasteiger charge is -2.06. The first-order valence-electron chi connectivity index (χ1n) is 7.44. The summed E-state index contributed by atoms with van der Waals surface area (Å²) in [6.07, 6.45) is 0.390. The molecule has 0 saturated carbocycles. The maximum atomic E-state index is 11.9. The van der Waals surface area contributed by atoms with Gasteiger partial charge in [-0.25, -0.2) is 4.98 Å². The number of aromatic nitrogens is 1. The third kappa shape index (κ3) is 5.15. The van der Waals surface area contributed by atoms with Crippen LogP contribution in [0.1, 0.15) is 29.4 Å². The van der Waals surface area contributed by atoms with E-state index in [1.165, 1.54) is 0 Å². The number of carbonyl (C=O) groups excluding carboxylic acids is 1. The molecule has 1 aromatic carbocycles. The molecule has 0 aliphatic rings. The van der Waals surface area contributed by atoms with Crippen LogP contribution in [0.4, 0.5) is 0 Å². The molecule has 5 heteroatoms. The van der Waals surface area contributed by atoms with Gasteiger partial charge in [0.15, 0.2) is 0 Å². The molecule has 0 bridgehead atoms. The van der Waals surface area contributed by atoms with Crippen LogP contribution in [0.15, 0.2) is 30.3 Å². The molecular weight excluding hydrogens is 296 g/mol. The Morgan fingerprint density at radius 1 is 1.32 bits per heavy atom. The van der Waals surface area contributed by atoms with Crippen molar-refractivity contribution in [3.63, 3.8) is 0 Å². The minimum absolute atomic E-state index is 0.0518. The molecule has 2 aromatic rings. The first kappa shape index (κ1) is 16.5. The minimum atomic E-state index is 0.0518. The van der Waals surface area contributed by atoms with Crippen LogP contribution in [-0.4, -0.2) is 17.4 Å². The summed E-state index contributed by atoms with van der Waals surface area (Å²) in [5.74, 6) is 1.34. The van der Waals surface area contributed by atoms with Gasteiger partial charge in [-0.3, -0.25) is 4.79 Å². The fourth-order valence-electron chi connectivity index (χ4n) is 1.90. The second-order valence-electron chi connectivity index (χ2n) is 5.59. The van der Waals surface area contributed by atoms with E-state index >= 15 is 0 Å². The first-order chi connectivity index (χ1) is 10.5. The molecule has 0 unspecified atom stereocenters. The third-order valence-corrected chi connectivity index (χ3v) is 4.20. The van der Waals surface area contributed by atoms with E-state index in [4.69, 9.17) is 4.74 Å². The standard InChI is InChI=1S/C17H22N2O2S/c1-12(2)10-18-16(20)9-15-13(3)19-17(22-15)11-21-14-7-5-4-6-8-14/h4-8,12H,9-11H2,1-3H3,(H,18,20). The van der Waals surface area contributed by atoms with Crippen molar-refractivity contribution in [1.82, 2.24) is 10.3 Å². The Morgan fingerprint density at radius 3 is 2.73 bits per heavy atom. The summed E-state index contributed by atoms with van der Waals surface area (Å²) >= 11 is 1.54. The molecular formula is C17H22N2O2S. The highest BCUT2D eigenvalue weighted by molar-refractivity contribution is 7.11. The summed E-state index contributed by atoms with van der Waals surface area (Å²) in [5.41, 5.74) is 0.913. The Balaban J connectivity index is 1.89. The smallest absolute Gasteiger partial charge is 0.225 e. The molecule has 1 aromatic heterocycles. The van der Waals surface area contributed by atoms with Crippen molar-refractivity contribution >= 4 is 17.2 Å². The molecule has 0 spiro atoms. The number of rotatable bonds is 7. The van der Waals surface area contributed by atoms with Gasteiger partial charge in [-0.05, 0) is 25.0 Å². The maximum Gasteiger partial charge on any atom is 0.225 e. The summed E-state index contributed by atoms with van der Waals surface area (Å²) < 4.78 is 5.69. The van der Waals surface area contributed by atoms with E-state index in [0.717, 1.165) is 21.3 Å². The lowest BCUT2D eigenvalue weighted by Crippen LogP contribution is -2.28. The molecule has 0 atom stereocenters. The van der Waals surface area contributed by atoms with Gasteiger partial charge in [0.1, 0.15) is 17.4 Å². The van der Waals surface area contributed by atoms with Crippen molar-refractivity contribution in [1.29, 1.82) is 0 Å². The number of amides is 1. The van der Waals surface area contributed by atoms with Gasteiger partial charge < -0.3 is 10.1 Å². The molecule has 0 saturated heterocycles. The summed E-state index contributed by atoms with van der Waals surface area (Å²) in [5, 5.41) is 3.83. The lowest BCUT2D eigenvalue weighted by atomic mass is 10.2. The summed E-state index contributed by atoms with van der Waals surface area (Å²) in [4.78, 5) is 17.4. The van der Waals surface area contributed by atoms with E-state index in [9.17, 15) is 4.79 Å². The molecule has 0 radical (unpaired) electrons. The minimum Gasteiger partial charge on any atom is -0.486 e. The topological polar surface area (TPSA) is 51.2 Å². The number of nitrogens with one attached hydrogen (secondary N) is 1. The second-order valence-corrected chi connectivity index (χ2v) is 6.76. The molecule has 0 aliphatic heterocycles. The van der Waals surface area contributed by atoms with Gasteiger partial charge in [0.05, 0.1) is 12.1 Å². The number of hydrogen-bond acceptors (Lipinski definition) is 4. The monoisotopic (exact) mass is 318 g/mol. The zero-order valence-corrected chi connectivity index (χ0v) is 14.1. The van der Waals surface area contributed by atoms with Crippen LogP contribution in [-0.2, 0) is 17.8 Å². The fourth-order valence-corrected chi connectivity index (χ4v) is 2.88. The van der Waals surface area contributed by atoms with Crippen LogP contribution in [0.5, 0.6) is 5.75 Å². The van der Waals surface area contributed by atoms with Crippen LogP contribution >= 0.6 is 11.3 Å². The van der Waals surface area contributed by atoms with E-state index in [-0.39, 0.29) is 5.91 Å². The summed E-state index contributed by atoms with van der Waals surface area (Å²) in [6.45, 7) is 7.24. The van der Waals surface area contributed by atoms with E-state index < -0.39 is 0 Å². The molecule has 0 aliphatic carbocycles. The molecule has 2 rings (SSSR count). The van der Waals surface area contributed by atoms with Gasteiger partial charge in [0.2, 0.25) is 5.91 Å². The number of benzene rings is 1. The maximum absolute atomic E-state index is 11.9. The molecule has 118 valence electrons. The first-order valence-corrected chi connectivity index (χ1v) is 8.26.